The number of hydrogen-bond donors (Lipinski definition) is 2. The molecule has 2 aromatic rings. The number of thioether (sulfide) groups is 1. The lowest BCUT2D eigenvalue weighted by atomic mass is 9.92. The van der Waals surface area contributed by atoms with Gasteiger partial charge in [-0.1, -0.05) is 33.8 Å². The first-order valence-electron chi connectivity index (χ1n) is 7.54. The van der Waals surface area contributed by atoms with Crippen LogP contribution in [0.3, 0.4) is 0 Å². The summed E-state index contributed by atoms with van der Waals surface area (Å²) in [5.41, 5.74) is 3.20. The fraction of sp³-hybridized carbons (Fsp3) is 0.389. The van der Waals surface area contributed by atoms with E-state index in [1.54, 1.807) is 0 Å². The average Bonchev–Trinajstić information content (AvgIpc) is 2.87. The standard InChI is InChI=1S/C18H24N2OS/c1-6-7-15(22-5)17(21)19-13-8-9-14-12(10-13)11-16(20-14)18(2,3)4/h7-11,20H,6H2,1-5H3,(H,19,21)/b15-7-. The molecule has 1 aromatic heterocycles. The molecule has 2 rings (SSSR count). The lowest BCUT2D eigenvalue weighted by molar-refractivity contribution is -0.112. The van der Waals surface area contributed by atoms with E-state index in [0.717, 1.165) is 27.9 Å². The number of allylic oxidation sites excluding steroid dienone is 1. The van der Waals surface area contributed by atoms with Gasteiger partial charge in [-0.2, -0.15) is 0 Å². The van der Waals surface area contributed by atoms with Crippen LogP contribution in [0.2, 0.25) is 0 Å². The van der Waals surface area contributed by atoms with Crippen LogP contribution in [0.5, 0.6) is 0 Å². The Balaban J connectivity index is 2.26. The van der Waals surface area contributed by atoms with Gasteiger partial charge in [-0.15, -0.1) is 11.8 Å². The van der Waals surface area contributed by atoms with Crippen LogP contribution in [0, 0.1) is 0 Å². The maximum Gasteiger partial charge on any atom is 0.261 e. The van der Waals surface area contributed by atoms with Crippen molar-refractivity contribution in [1.29, 1.82) is 0 Å². The molecule has 0 aliphatic rings. The lowest BCUT2D eigenvalue weighted by Crippen LogP contribution is -2.12. The third-order valence-electron chi connectivity index (χ3n) is 3.52. The number of anilines is 1. The summed E-state index contributed by atoms with van der Waals surface area (Å²) in [6.07, 6.45) is 4.73. The summed E-state index contributed by atoms with van der Waals surface area (Å²) in [6, 6.07) is 8.13. The van der Waals surface area contributed by atoms with Crippen LogP contribution in [-0.4, -0.2) is 17.1 Å². The second-order valence-corrected chi connectivity index (χ2v) is 7.22. The van der Waals surface area contributed by atoms with Gasteiger partial charge in [-0.25, -0.2) is 0 Å². The number of carbonyl (C=O) groups excluding carboxylic acids is 1. The van der Waals surface area contributed by atoms with Crippen molar-refractivity contribution in [1.82, 2.24) is 4.98 Å². The Kier molecular flexibility index (Phi) is 5.01. The fourth-order valence-corrected chi connectivity index (χ4v) is 2.83. The van der Waals surface area contributed by atoms with Gasteiger partial charge in [0.2, 0.25) is 0 Å². The highest BCUT2D eigenvalue weighted by molar-refractivity contribution is 8.03. The number of H-pyrrole nitrogens is 1. The van der Waals surface area contributed by atoms with Gasteiger partial charge in [0.1, 0.15) is 0 Å². The summed E-state index contributed by atoms with van der Waals surface area (Å²) in [6.45, 7) is 8.57. The second-order valence-electron chi connectivity index (χ2n) is 6.37. The Morgan fingerprint density at radius 2 is 2.05 bits per heavy atom. The Morgan fingerprint density at radius 1 is 1.32 bits per heavy atom. The molecule has 118 valence electrons. The molecule has 2 N–H and O–H groups in total. The second kappa shape index (κ2) is 6.61. The van der Waals surface area contributed by atoms with Gasteiger partial charge in [0.25, 0.3) is 5.91 Å². The SMILES string of the molecule is CC/C=C(\SC)C(=O)Nc1ccc2[nH]c(C(C)(C)C)cc2c1. The van der Waals surface area contributed by atoms with E-state index < -0.39 is 0 Å². The molecule has 3 nitrogen and oxygen atoms in total. The predicted octanol–water partition coefficient (Wildman–Crippen LogP) is 5.06. The predicted molar refractivity (Wildman–Crippen MR) is 97.5 cm³/mol. The third-order valence-corrected chi connectivity index (χ3v) is 4.31. The Labute approximate surface area is 136 Å². The number of nitrogens with one attached hydrogen (secondary N) is 2. The van der Waals surface area contributed by atoms with Gasteiger partial charge in [0.15, 0.2) is 0 Å². The first kappa shape index (κ1) is 16.7. The van der Waals surface area contributed by atoms with Gasteiger partial charge in [-0.3, -0.25) is 4.79 Å². The van der Waals surface area contributed by atoms with Crippen molar-refractivity contribution in [2.45, 2.75) is 39.5 Å². The third kappa shape index (κ3) is 3.74. The zero-order valence-electron chi connectivity index (χ0n) is 13.9. The average molecular weight is 316 g/mol. The van der Waals surface area contributed by atoms with Gasteiger partial charge in [-0.05, 0) is 36.9 Å². The largest absolute Gasteiger partial charge is 0.358 e. The van der Waals surface area contributed by atoms with Crippen LogP contribution in [0.4, 0.5) is 5.69 Å². The maximum absolute atomic E-state index is 12.2. The fourth-order valence-electron chi connectivity index (χ4n) is 2.26. The van der Waals surface area contributed by atoms with E-state index in [1.165, 1.54) is 17.5 Å². The molecule has 0 spiro atoms. The topological polar surface area (TPSA) is 44.9 Å². The molecule has 4 heteroatoms. The Bertz CT molecular complexity index is 707. The summed E-state index contributed by atoms with van der Waals surface area (Å²) < 4.78 is 0. The van der Waals surface area contributed by atoms with Crippen molar-refractivity contribution in [2.24, 2.45) is 0 Å². The Hall–Kier alpha value is -1.68. The molecule has 0 aliphatic carbocycles. The number of benzene rings is 1. The minimum absolute atomic E-state index is 0.0414. The number of rotatable bonds is 4. The monoisotopic (exact) mass is 316 g/mol. The molecule has 0 saturated heterocycles. The first-order valence-corrected chi connectivity index (χ1v) is 8.76. The molecule has 0 atom stereocenters. The van der Waals surface area contributed by atoms with Crippen molar-refractivity contribution in [2.75, 3.05) is 11.6 Å². The molecule has 1 amide bonds. The number of fused-ring (bicyclic) bond motifs is 1. The summed E-state index contributed by atoms with van der Waals surface area (Å²) in [5.74, 6) is -0.0414. The highest BCUT2D eigenvalue weighted by Gasteiger charge is 2.16. The molecule has 1 heterocycles. The molecule has 0 aliphatic heterocycles. The van der Waals surface area contributed by atoms with Crippen molar-refractivity contribution in [3.05, 3.63) is 40.9 Å². The zero-order chi connectivity index (χ0) is 16.3. The van der Waals surface area contributed by atoms with Crippen LogP contribution in [0.15, 0.2) is 35.2 Å². The molecule has 1 aromatic carbocycles. The van der Waals surface area contributed by atoms with E-state index >= 15 is 0 Å². The molecular weight excluding hydrogens is 292 g/mol. The molecule has 0 fully saturated rings. The van der Waals surface area contributed by atoms with Crippen LogP contribution in [0.1, 0.15) is 39.8 Å². The van der Waals surface area contributed by atoms with E-state index in [2.05, 4.69) is 37.1 Å². The molecule has 0 radical (unpaired) electrons. The zero-order valence-corrected chi connectivity index (χ0v) is 14.7. The summed E-state index contributed by atoms with van der Waals surface area (Å²) in [4.78, 5) is 16.4. The minimum atomic E-state index is -0.0414. The molecule has 0 unspecified atom stereocenters. The van der Waals surface area contributed by atoms with Crippen molar-refractivity contribution in [3.8, 4) is 0 Å². The van der Waals surface area contributed by atoms with E-state index in [4.69, 9.17) is 0 Å². The van der Waals surface area contributed by atoms with Crippen LogP contribution in [-0.2, 0) is 10.2 Å². The van der Waals surface area contributed by atoms with E-state index in [1.807, 2.05) is 37.5 Å². The smallest absolute Gasteiger partial charge is 0.261 e. The molecular formula is C18H24N2OS. The first-order chi connectivity index (χ1) is 10.3. The van der Waals surface area contributed by atoms with Crippen molar-refractivity contribution in [3.63, 3.8) is 0 Å². The maximum atomic E-state index is 12.2. The van der Waals surface area contributed by atoms with E-state index in [9.17, 15) is 4.79 Å². The van der Waals surface area contributed by atoms with Gasteiger partial charge < -0.3 is 10.3 Å². The number of amides is 1. The minimum Gasteiger partial charge on any atom is -0.358 e. The van der Waals surface area contributed by atoms with Crippen molar-refractivity contribution < 1.29 is 4.79 Å². The lowest BCUT2D eigenvalue weighted by Gasteiger charge is -2.15. The normalized spacial score (nSPS) is 12.7. The molecule has 0 bridgehead atoms. The summed E-state index contributed by atoms with van der Waals surface area (Å²) in [7, 11) is 0. The quantitative estimate of drug-likeness (QED) is 0.774. The van der Waals surface area contributed by atoms with Crippen LogP contribution < -0.4 is 5.32 Å². The van der Waals surface area contributed by atoms with Gasteiger partial charge >= 0.3 is 0 Å². The van der Waals surface area contributed by atoms with Gasteiger partial charge in [0.05, 0.1) is 4.91 Å². The Morgan fingerprint density at radius 3 is 2.64 bits per heavy atom. The van der Waals surface area contributed by atoms with E-state index in [0.29, 0.717) is 0 Å². The molecule has 22 heavy (non-hydrogen) atoms. The summed E-state index contributed by atoms with van der Waals surface area (Å²) >= 11 is 1.48. The number of aromatic amines is 1. The number of carbonyl (C=O) groups is 1. The highest BCUT2D eigenvalue weighted by Crippen LogP contribution is 2.27. The number of aromatic nitrogens is 1. The van der Waals surface area contributed by atoms with Crippen molar-refractivity contribution >= 4 is 34.3 Å². The number of hydrogen-bond acceptors (Lipinski definition) is 2. The highest BCUT2D eigenvalue weighted by atomic mass is 32.2. The summed E-state index contributed by atoms with van der Waals surface area (Å²) in [5, 5.41) is 4.09. The van der Waals surface area contributed by atoms with Crippen LogP contribution >= 0.6 is 11.8 Å². The molecule has 0 saturated carbocycles. The van der Waals surface area contributed by atoms with Crippen LogP contribution in [0.25, 0.3) is 10.9 Å². The van der Waals surface area contributed by atoms with E-state index in [-0.39, 0.29) is 11.3 Å². The van der Waals surface area contributed by atoms with Gasteiger partial charge in [0, 0.05) is 27.7 Å².